The highest BCUT2D eigenvalue weighted by Crippen LogP contribution is 2.15. The lowest BCUT2D eigenvalue weighted by Crippen LogP contribution is -2.38. The standard InChI is InChI=1S/C20H24O4S/c1-2-25-20(22)19(24-14-17-11-7-4-8-12-17)18(21)15-23-13-16-9-5-3-6-10-16/h3-12,18-19,21H,2,13-15H2,1H3/t18-,19-/m0/s1. The summed E-state index contributed by atoms with van der Waals surface area (Å²) in [6, 6.07) is 19.3. The van der Waals surface area contributed by atoms with Crippen molar-refractivity contribution in [3.63, 3.8) is 0 Å². The lowest BCUT2D eigenvalue weighted by Gasteiger charge is -2.22. The van der Waals surface area contributed by atoms with E-state index in [1.165, 1.54) is 0 Å². The highest BCUT2D eigenvalue weighted by molar-refractivity contribution is 8.13. The maximum atomic E-state index is 12.3. The molecule has 0 saturated carbocycles. The number of carbonyl (C=O) groups excluding carboxylic acids is 1. The first kappa shape index (κ1) is 19.7. The van der Waals surface area contributed by atoms with E-state index < -0.39 is 12.2 Å². The summed E-state index contributed by atoms with van der Waals surface area (Å²) in [5.74, 6) is 0.640. The molecule has 0 fully saturated rings. The highest BCUT2D eigenvalue weighted by Gasteiger charge is 2.28. The Morgan fingerprint density at radius 3 is 2.12 bits per heavy atom. The van der Waals surface area contributed by atoms with E-state index in [4.69, 9.17) is 9.47 Å². The third kappa shape index (κ3) is 7.00. The first-order valence-electron chi connectivity index (χ1n) is 8.32. The third-order valence-corrected chi connectivity index (χ3v) is 4.35. The SMILES string of the molecule is CCSC(=O)[C@@H](OCc1ccccc1)[C@@H](O)COCc1ccccc1. The minimum Gasteiger partial charge on any atom is -0.387 e. The average molecular weight is 360 g/mol. The molecule has 2 aromatic carbocycles. The van der Waals surface area contributed by atoms with Crippen LogP contribution in [-0.4, -0.2) is 34.8 Å². The number of hydrogen-bond acceptors (Lipinski definition) is 5. The molecule has 0 bridgehead atoms. The molecule has 2 rings (SSSR count). The van der Waals surface area contributed by atoms with Gasteiger partial charge in [0.2, 0.25) is 5.12 Å². The fourth-order valence-electron chi connectivity index (χ4n) is 2.28. The van der Waals surface area contributed by atoms with Crippen LogP contribution in [0.25, 0.3) is 0 Å². The second-order valence-electron chi connectivity index (χ2n) is 5.54. The third-order valence-electron chi connectivity index (χ3n) is 3.54. The molecule has 25 heavy (non-hydrogen) atoms. The van der Waals surface area contributed by atoms with Crippen LogP contribution in [0, 0.1) is 0 Å². The van der Waals surface area contributed by atoms with Gasteiger partial charge in [-0.2, -0.15) is 0 Å². The second-order valence-corrected chi connectivity index (χ2v) is 6.81. The van der Waals surface area contributed by atoms with E-state index >= 15 is 0 Å². The van der Waals surface area contributed by atoms with E-state index in [0.29, 0.717) is 12.4 Å². The number of carbonyl (C=O) groups is 1. The molecule has 1 N–H and O–H groups in total. The van der Waals surface area contributed by atoms with Crippen LogP contribution in [0.15, 0.2) is 60.7 Å². The van der Waals surface area contributed by atoms with Crippen molar-refractivity contribution in [1.82, 2.24) is 0 Å². The topological polar surface area (TPSA) is 55.8 Å². The van der Waals surface area contributed by atoms with Gasteiger partial charge in [-0.05, 0) is 16.9 Å². The van der Waals surface area contributed by atoms with Gasteiger partial charge in [-0.3, -0.25) is 4.79 Å². The summed E-state index contributed by atoms with van der Waals surface area (Å²) in [6.07, 6.45) is -1.90. The Morgan fingerprint density at radius 2 is 1.56 bits per heavy atom. The second kappa shape index (κ2) is 11.1. The van der Waals surface area contributed by atoms with Gasteiger partial charge in [0.15, 0.2) is 6.10 Å². The molecule has 0 aromatic heterocycles. The van der Waals surface area contributed by atoms with E-state index in [1.807, 2.05) is 67.6 Å². The minimum absolute atomic E-state index is 0.0460. The normalized spacial score (nSPS) is 13.4. The van der Waals surface area contributed by atoms with Crippen LogP contribution in [0.2, 0.25) is 0 Å². The van der Waals surface area contributed by atoms with Crippen molar-refractivity contribution in [2.75, 3.05) is 12.4 Å². The number of hydrogen-bond donors (Lipinski definition) is 1. The maximum absolute atomic E-state index is 12.3. The van der Waals surface area contributed by atoms with Crippen LogP contribution in [0.4, 0.5) is 0 Å². The molecule has 5 heteroatoms. The Kier molecular flexibility index (Phi) is 8.69. The molecule has 2 aromatic rings. The van der Waals surface area contributed by atoms with Crippen molar-refractivity contribution >= 4 is 16.9 Å². The van der Waals surface area contributed by atoms with Crippen molar-refractivity contribution in [2.24, 2.45) is 0 Å². The van der Waals surface area contributed by atoms with Crippen LogP contribution >= 0.6 is 11.8 Å². The zero-order valence-electron chi connectivity index (χ0n) is 14.3. The molecule has 0 aliphatic carbocycles. The molecule has 0 aliphatic heterocycles. The molecule has 0 spiro atoms. The number of ether oxygens (including phenoxy) is 2. The number of aliphatic hydroxyl groups excluding tert-OH is 1. The number of rotatable bonds is 10. The van der Waals surface area contributed by atoms with Crippen molar-refractivity contribution in [3.8, 4) is 0 Å². The first-order valence-corrected chi connectivity index (χ1v) is 9.31. The lowest BCUT2D eigenvalue weighted by molar-refractivity contribution is -0.135. The molecular formula is C20H24O4S. The first-order chi connectivity index (χ1) is 12.2. The van der Waals surface area contributed by atoms with E-state index in [1.54, 1.807) is 0 Å². The van der Waals surface area contributed by atoms with E-state index in [0.717, 1.165) is 22.9 Å². The van der Waals surface area contributed by atoms with Gasteiger partial charge < -0.3 is 14.6 Å². The molecular weight excluding hydrogens is 336 g/mol. The Morgan fingerprint density at radius 1 is 1.00 bits per heavy atom. The van der Waals surface area contributed by atoms with Gasteiger partial charge in [-0.25, -0.2) is 0 Å². The van der Waals surface area contributed by atoms with Gasteiger partial charge in [-0.15, -0.1) is 0 Å². The zero-order chi connectivity index (χ0) is 17.9. The quantitative estimate of drug-likeness (QED) is 0.703. The summed E-state index contributed by atoms with van der Waals surface area (Å²) >= 11 is 1.15. The largest absolute Gasteiger partial charge is 0.387 e. The molecule has 0 unspecified atom stereocenters. The van der Waals surface area contributed by atoms with Gasteiger partial charge >= 0.3 is 0 Å². The van der Waals surface area contributed by atoms with Crippen molar-refractivity contribution in [2.45, 2.75) is 32.3 Å². The van der Waals surface area contributed by atoms with Crippen LogP contribution in [0.1, 0.15) is 18.1 Å². The van der Waals surface area contributed by atoms with Crippen molar-refractivity contribution < 1.29 is 19.4 Å². The molecule has 0 saturated heterocycles. The van der Waals surface area contributed by atoms with E-state index in [9.17, 15) is 9.90 Å². The van der Waals surface area contributed by atoms with Gasteiger partial charge in [0.05, 0.1) is 19.8 Å². The van der Waals surface area contributed by atoms with Crippen LogP contribution in [0.3, 0.4) is 0 Å². The molecule has 2 atom stereocenters. The Bertz CT molecular complexity index is 618. The summed E-state index contributed by atoms with van der Waals surface area (Å²) in [5.41, 5.74) is 1.98. The predicted octanol–water partition coefficient (Wildman–Crippen LogP) is 3.43. The summed E-state index contributed by atoms with van der Waals surface area (Å²) in [6.45, 7) is 2.61. The summed E-state index contributed by atoms with van der Waals surface area (Å²) in [5, 5.41) is 10.2. The number of aliphatic hydroxyl groups is 1. The smallest absolute Gasteiger partial charge is 0.220 e. The molecule has 4 nitrogen and oxygen atoms in total. The molecule has 0 amide bonds. The fraction of sp³-hybridized carbons (Fsp3) is 0.350. The van der Waals surface area contributed by atoms with Crippen molar-refractivity contribution in [3.05, 3.63) is 71.8 Å². The predicted molar refractivity (Wildman–Crippen MR) is 100 cm³/mol. The summed E-state index contributed by atoms with van der Waals surface area (Å²) in [7, 11) is 0. The zero-order valence-corrected chi connectivity index (χ0v) is 15.2. The number of thioether (sulfide) groups is 1. The van der Waals surface area contributed by atoms with E-state index in [2.05, 4.69) is 0 Å². The summed E-state index contributed by atoms with van der Waals surface area (Å²) < 4.78 is 11.3. The Hall–Kier alpha value is -1.66. The molecule has 0 radical (unpaired) electrons. The van der Waals surface area contributed by atoms with E-state index in [-0.39, 0.29) is 18.3 Å². The van der Waals surface area contributed by atoms with Crippen molar-refractivity contribution in [1.29, 1.82) is 0 Å². The fourth-order valence-corrected chi connectivity index (χ4v) is 2.95. The van der Waals surface area contributed by atoms with Crippen LogP contribution < -0.4 is 0 Å². The van der Waals surface area contributed by atoms with Gasteiger partial charge in [0.25, 0.3) is 0 Å². The molecule has 0 heterocycles. The van der Waals surface area contributed by atoms with Gasteiger partial charge in [0.1, 0.15) is 6.10 Å². The monoisotopic (exact) mass is 360 g/mol. The highest BCUT2D eigenvalue weighted by atomic mass is 32.2. The Labute approximate surface area is 153 Å². The molecule has 134 valence electrons. The average Bonchev–Trinajstić information content (AvgIpc) is 2.64. The maximum Gasteiger partial charge on any atom is 0.220 e. The van der Waals surface area contributed by atoms with Crippen LogP contribution in [-0.2, 0) is 27.5 Å². The number of benzene rings is 2. The summed E-state index contributed by atoms with van der Waals surface area (Å²) in [4.78, 5) is 12.3. The lowest BCUT2D eigenvalue weighted by atomic mass is 10.2. The minimum atomic E-state index is -1.00. The van der Waals surface area contributed by atoms with Gasteiger partial charge in [0, 0.05) is 0 Å². The Balaban J connectivity index is 1.88. The molecule has 0 aliphatic rings. The van der Waals surface area contributed by atoms with Crippen LogP contribution in [0.5, 0.6) is 0 Å². The van der Waals surface area contributed by atoms with Gasteiger partial charge in [-0.1, -0.05) is 79.3 Å².